The van der Waals surface area contributed by atoms with Gasteiger partial charge in [0.25, 0.3) is 5.91 Å². The second kappa shape index (κ2) is 10.7. The normalized spacial score (nSPS) is 20.5. The van der Waals surface area contributed by atoms with Crippen LogP contribution in [0.1, 0.15) is 55.2 Å². The van der Waals surface area contributed by atoms with E-state index in [0.717, 1.165) is 24.2 Å². The lowest BCUT2D eigenvalue weighted by Crippen LogP contribution is -2.57. The van der Waals surface area contributed by atoms with Crippen molar-refractivity contribution >= 4 is 5.91 Å². The molecular weight excluding hydrogens is 398 g/mol. The predicted octanol–water partition coefficient (Wildman–Crippen LogP) is 3.99. The summed E-state index contributed by atoms with van der Waals surface area (Å²) in [5.41, 5.74) is 2.85. The van der Waals surface area contributed by atoms with Crippen LogP contribution in [0.2, 0.25) is 0 Å². The number of piperazine rings is 1. The summed E-state index contributed by atoms with van der Waals surface area (Å²) in [6, 6.07) is 16.0. The third kappa shape index (κ3) is 5.15. The molecule has 0 bridgehead atoms. The number of carbonyl (C=O) groups excluding carboxylic acids is 1. The molecule has 3 unspecified atom stereocenters. The Morgan fingerprint density at radius 2 is 1.78 bits per heavy atom. The summed E-state index contributed by atoms with van der Waals surface area (Å²) in [5, 5.41) is 10.2. The highest BCUT2D eigenvalue weighted by atomic mass is 16.3. The molecule has 0 radical (unpaired) electrons. The minimum atomic E-state index is -0.0230. The van der Waals surface area contributed by atoms with Crippen LogP contribution < -0.4 is 0 Å². The van der Waals surface area contributed by atoms with Gasteiger partial charge in [0.2, 0.25) is 0 Å². The largest absolute Gasteiger partial charge is 0.508 e. The van der Waals surface area contributed by atoms with Gasteiger partial charge in [-0.05, 0) is 63.1 Å². The number of aromatic hydroxyl groups is 1. The van der Waals surface area contributed by atoms with Gasteiger partial charge in [-0.3, -0.25) is 14.6 Å². The maximum absolute atomic E-state index is 12.8. The summed E-state index contributed by atoms with van der Waals surface area (Å²) in [6.07, 6.45) is 5.58. The van der Waals surface area contributed by atoms with Crippen LogP contribution in [0.4, 0.5) is 0 Å². The zero-order valence-electron chi connectivity index (χ0n) is 19.7. The van der Waals surface area contributed by atoms with Gasteiger partial charge < -0.3 is 10.0 Å². The van der Waals surface area contributed by atoms with Crippen molar-refractivity contribution in [1.82, 2.24) is 14.7 Å². The quantitative estimate of drug-likeness (QED) is 0.671. The molecule has 1 heterocycles. The molecule has 0 saturated carbocycles. The van der Waals surface area contributed by atoms with E-state index in [2.05, 4.69) is 47.8 Å². The van der Waals surface area contributed by atoms with E-state index in [0.29, 0.717) is 31.2 Å². The molecule has 1 saturated heterocycles. The van der Waals surface area contributed by atoms with Crippen LogP contribution in [0.25, 0.3) is 0 Å². The van der Waals surface area contributed by atoms with Crippen molar-refractivity contribution in [2.45, 2.75) is 45.8 Å². The van der Waals surface area contributed by atoms with Crippen LogP contribution in [0.3, 0.4) is 0 Å². The van der Waals surface area contributed by atoms with Crippen molar-refractivity contribution < 1.29 is 9.90 Å². The summed E-state index contributed by atoms with van der Waals surface area (Å²) in [7, 11) is 0. The fourth-order valence-corrected chi connectivity index (χ4v) is 4.69. The minimum absolute atomic E-state index is 0.0230. The third-order valence-corrected chi connectivity index (χ3v) is 6.50. The molecule has 1 aliphatic heterocycles. The smallest absolute Gasteiger partial charge is 0.253 e. The van der Waals surface area contributed by atoms with Gasteiger partial charge in [-0.1, -0.05) is 30.2 Å². The van der Waals surface area contributed by atoms with Crippen LogP contribution in [0, 0.1) is 12.3 Å². The molecule has 3 rings (SSSR count). The number of nitrogens with zero attached hydrogens (tertiary/aromatic N) is 3. The molecule has 0 aromatic heterocycles. The Bertz CT molecular complexity index is 946. The van der Waals surface area contributed by atoms with Gasteiger partial charge in [0, 0.05) is 43.8 Å². The SMILES string of the molecule is C#CCN1CC(C)N(C(c2ccc(C(=O)N(CC)CC)cc2)c2cccc(O)c2)CC1C. The number of hydrogen-bond donors (Lipinski definition) is 1. The third-order valence-electron chi connectivity index (χ3n) is 6.50. The molecule has 5 nitrogen and oxygen atoms in total. The van der Waals surface area contributed by atoms with E-state index in [1.807, 2.05) is 43.0 Å². The van der Waals surface area contributed by atoms with Crippen LogP contribution in [0.15, 0.2) is 48.5 Å². The number of amides is 1. The molecule has 0 aliphatic carbocycles. The second-order valence-corrected chi connectivity index (χ2v) is 8.63. The highest BCUT2D eigenvalue weighted by Crippen LogP contribution is 2.34. The van der Waals surface area contributed by atoms with Gasteiger partial charge in [-0.15, -0.1) is 6.42 Å². The van der Waals surface area contributed by atoms with Gasteiger partial charge in [0.1, 0.15) is 5.75 Å². The summed E-state index contributed by atoms with van der Waals surface area (Å²) >= 11 is 0. The molecule has 3 atom stereocenters. The Labute approximate surface area is 192 Å². The number of carbonyl (C=O) groups is 1. The van der Waals surface area contributed by atoms with Gasteiger partial charge in [-0.2, -0.15) is 0 Å². The molecule has 2 aromatic carbocycles. The molecule has 2 aromatic rings. The van der Waals surface area contributed by atoms with Crippen molar-refractivity contribution in [2.24, 2.45) is 0 Å². The van der Waals surface area contributed by atoms with Gasteiger partial charge in [0.15, 0.2) is 0 Å². The first-order valence-corrected chi connectivity index (χ1v) is 11.5. The van der Waals surface area contributed by atoms with E-state index in [4.69, 9.17) is 6.42 Å². The summed E-state index contributed by atoms with van der Waals surface area (Å²) in [5.74, 6) is 3.09. The maximum atomic E-state index is 12.8. The second-order valence-electron chi connectivity index (χ2n) is 8.63. The topological polar surface area (TPSA) is 47.0 Å². The zero-order chi connectivity index (χ0) is 23.3. The monoisotopic (exact) mass is 433 g/mol. The standard InChI is InChI=1S/C27H35N3O2/c1-6-16-29-18-21(5)30(19-20(29)4)26(24-10-9-11-25(31)17-24)22-12-14-23(15-13-22)27(32)28(7-2)8-3/h1,9-15,17,20-21,26,31H,7-8,16,18-19H2,2-5H3. The summed E-state index contributed by atoms with van der Waals surface area (Å²) in [6.45, 7) is 12.2. The molecular formula is C27H35N3O2. The Morgan fingerprint density at radius 1 is 1.09 bits per heavy atom. The van der Waals surface area contributed by atoms with Gasteiger partial charge in [0.05, 0.1) is 12.6 Å². The summed E-state index contributed by atoms with van der Waals surface area (Å²) in [4.78, 5) is 19.4. The molecule has 0 spiro atoms. The van der Waals surface area contributed by atoms with Crippen LogP contribution in [-0.4, -0.2) is 70.5 Å². The van der Waals surface area contributed by atoms with Crippen molar-refractivity contribution in [2.75, 3.05) is 32.7 Å². The lowest BCUT2D eigenvalue weighted by Gasteiger charge is -2.47. The first kappa shape index (κ1) is 23.8. The maximum Gasteiger partial charge on any atom is 0.253 e. The number of phenols is 1. The number of phenolic OH excluding ortho intramolecular Hbond substituents is 1. The van der Waals surface area contributed by atoms with E-state index in [1.54, 1.807) is 6.07 Å². The van der Waals surface area contributed by atoms with Crippen LogP contribution in [-0.2, 0) is 0 Å². The molecule has 1 amide bonds. The summed E-state index contributed by atoms with van der Waals surface area (Å²) < 4.78 is 0. The first-order chi connectivity index (χ1) is 15.4. The molecule has 5 heteroatoms. The van der Waals surface area contributed by atoms with Crippen LogP contribution in [0.5, 0.6) is 5.75 Å². The van der Waals surface area contributed by atoms with Gasteiger partial charge >= 0.3 is 0 Å². The van der Waals surface area contributed by atoms with Crippen LogP contribution >= 0.6 is 0 Å². The van der Waals surface area contributed by atoms with Crippen molar-refractivity contribution in [3.8, 4) is 18.1 Å². The Hall–Kier alpha value is -2.81. The molecule has 1 N–H and O–H groups in total. The van der Waals surface area contributed by atoms with Crippen molar-refractivity contribution in [1.29, 1.82) is 0 Å². The number of hydrogen-bond acceptors (Lipinski definition) is 4. The molecule has 1 aliphatic rings. The predicted molar refractivity (Wildman–Crippen MR) is 130 cm³/mol. The number of terminal acetylenes is 1. The number of rotatable bonds is 7. The van der Waals surface area contributed by atoms with Gasteiger partial charge in [-0.25, -0.2) is 0 Å². The van der Waals surface area contributed by atoms with Crippen molar-refractivity contribution in [3.05, 3.63) is 65.2 Å². The lowest BCUT2D eigenvalue weighted by atomic mass is 9.92. The molecule has 170 valence electrons. The Morgan fingerprint density at radius 3 is 2.38 bits per heavy atom. The average Bonchev–Trinajstić information content (AvgIpc) is 2.78. The average molecular weight is 434 g/mol. The van der Waals surface area contributed by atoms with E-state index >= 15 is 0 Å². The Kier molecular flexibility index (Phi) is 7.95. The number of benzene rings is 2. The molecule has 1 fully saturated rings. The van der Waals surface area contributed by atoms with E-state index < -0.39 is 0 Å². The van der Waals surface area contributed by atoms with E-state index in [1.165, 1.54) is 0 Å². The van der Waals surface area contributed by atoms with Crippen molar-refractivity contribution in [3.63, 3.8) is 0 Å². The minimum Gasteiger partial charge on any atom is -0.508 e. The Balaban J connectivity index is 1.96. The zero-order valence-corrected chi connectivity index (χ0v) is 19.7. The fourth-order valence-electron chi connectivity index (χ4n) is 4.69. The highest BCUT2D eigenvalue weighted by molar-refractivity contribution is 5.94. The lowest BCUT2D eigenvalue weighted by molar-refractivity contribution is 0.0317. The van der Waals surface area contributed by atoms with E-state index in [9.17, 15) is 9.90 Å². The fraction of sp³-hybridized carbons (Fsp3) is 0.444. The molecule has 32 heavy (non-hydrogen) atoms. The highest BCUT2D eigenvalue weighted by Gasteiger charge is 2.34. The van der Waals surface area contributed by atoms with E-state index in [-0.39, 0.29) is 23.7 Å². The first-order valence-electron chi connectivity index (χ1n) is 11.5.